The predicted octanol–water partition coefficient (Wildman–Crippen LogP) is 6.14. The second-order valence-electron chi connectivity index (χ2n) is 8.61. The van der Waals surface area contributed by atoms with E-state index in [0.717, 1.165) is 6.42 Å². The van der Waals surface area contributed by atoms with Crippen LogP contribution in [0.3, 0.4) is 0 Å². The van der Waals surface area contributed by atoms with E-state index in [-0.39, 0.29) is 5.54 Å². The molecule has 2 aromatic carbocycles. The lowest BCUT2D eigenvalue weighted by Gasteiger charge is -2.24. The summed E-state index contributed by atoms with van der Waals surface area (Å²) in [7, 11) is 0. The Balaban J connectivity index is 2.32. The topological polar surface area (TPSA) is 4.93 Å². The summed E-state index contributed by atoms with van der Waals surface area (Å²) in [4.78, 5) is 0. The SMILES string of the molecule is CC(C)(C)Cc1ccc2c(c1)c1ccccc1n2C(C)(C)C. The minimum Gasteiger partial charge on any atom is -0.335 e. The number of benzene rings is 2. The quantitative estimate of drug-likeness (QED) is 0.508. The Labute approximate surface area is 133 Å². The van der Waals surface area contributed by atoms with Gasteiger partial charge in [-0.05, 0) is 56.4 Å². The van der Waals surface area contributed by atoms with E-state index in [2.05, 4.69) is 88.6 Å². The molecule has 0 aliphatic rings. The van der Waals surface area contributed by atoms with Gasteiger partial charge in [0.15, 0.2) is 0 Å². The van der Waals surface area contributed by atoms with Crippen LogP contribution in [0.2, 0.25) is 0 Å². The van der Waals surface area contributed by atoms with Gasteiger partial charge >= 0.3 is 0 Å². The Kier molecular flexibility index (Phi) is 3.36. The average molecular weight is 293 g/mol. The molecule has 0 bridgehead atoms. The highest BCUT2D eigenvalue weighted by molar-refractivity contribution is 6.08. The van der Waals surface area contributed by atoms with E-state index in [0.29, 0.717) is 5.41 Å². The maximum Gasteiger partial charge on any atom is 0.0496 e. The molecule has 3 rings (SSSR count). The number of hydrogen-bond acceptors (Lipinski definition) is 0. The van der Waals surface area contributed by atoms with Crippen LogP contribution >= 0.6 is 0 Å². The van der Waals surface area contributed by atoms with E-state index >= 15 is 0 Å². The molecular formula is C21H27N. The first-order chi connectivity index (χ1) is 10.2. The molecule has 3 aromatic rings. The highest BCUT2D eigenvalue weighted by Gasteiger charge is 2.21. The summed E-state index contributed by atoms with van der Waals surface area (Å²) in [6, 6.07) is 15.8. The van der Waals surface area contributed by atoms with Crippen LogP contribution < -0.4 is 0 Å². The first-order valence-electron chi connectivity index (χ1n) is 8.19. The lowest BCUT2D eigenvalue weighted by atomic mass is 9.88. The molecule has 0 aliphatic heterocycles. The number of nitrogens with zero attached hydrogens (tertiary/aromatic N) is 1. The average Bonchev–Trinajstić information content (AvgIpc) is 2.70. The maximum absolute atomic E-state index is 2.47. The molecule has 22 heavy (non-hydrogen) atoms. The molecule has 1 heteroatoms. The largest absolute Gasteiger partial charge is 0.335 e. The van der Waals surface area contributed by atoms with Gasteiger partial charge in [-0.2, -0.15) is 0 Å². The molecule has 0 atom stereocenters. The molecule has 0 fully saturated rings. The van der Waals surface area contributed by atoms with Gasteiger partial charge in [0.05, 0.1) is 0 Å². The predicted molar refractivity (Wildman–Crippen MR) is 97.6 cm³/mol. The van der Waals surface area contributed by atoms with Crippen molar-refractivity contribution in [1.82, 2.24) is 4.57 Å². The minimum atomic E-state index is 0.0763. The Morgan fingerprint density at radius 1 is 0.773 bits per heavy atom. The van der Waals surface area contributed by atoms with Gasteiger partial charge in [-0.15, -0.1) is 0 Å². The molecule has 0 unspecified atom stereocenters. The van der Waals surface area contributed by atoms with Crippen LogP contribution in [-0.4, -0.2) is 4.57 Å². The number of fused-ring (bicyclic) bond motifs is 3. The molecule has 116 valence electrons. The lowest BCUT2D eigenvalue weighted by Crippen LogP contribution is -2.21. The summed E-state index contributed by atoms with van der Waals surface area (Å²) in [5.41, 5.74) is 4.49. The van der Waals surface area contributed by atoms with Crippen molar-refractivity contribution in [2.24, 2.45) is 5.41 Å². The number of para-hydroxylation sites is 1. The van der Waals surface area contributed by atoms with Crippen LogP contribution in [0.5, 0.6) is 0 Å². The third-order valence-electron chi connectivity index (χ3n) is 4.14. The van der Waals surface area contributed by atoms with Gasteiger partial charge in [0.1, 0.15) is 0 Å². The highest BCUT2D eigenvalue weighted by Crippen LogP contribution is 2.35. The minimum absolute atomic E-state index is 0.0763. The zero-order valence-corrected chi connectivity index (χ0v) is 14.7. The van der Waals surface area contributed by atoms with Crippen molar-refractivity contribution in [3.8, 4) is 0 Å². The second-order valence-corrected chi connectivity index (χ2v) is 8.61. The van der Waals surface area contributed by atoms with Gasteiger partial charge < -0.3 is 4.57 Å². The molecule has 0 amide bonds. The van der Waals surface area contributed by atoms with Crippen LogP contribution in [0.4, 0.5) is 0 Å². The molecule has 0 N–H and O–H groups in total. The van der Waals surface area contributed by atoms with Crippen molar-refractivity contribution < 1.29 is 0 Å². The molecule has 0 saturated heterocycles. The zero-order valence-electron chi connectivity index (χ0n) is 14.7. The monoisotopic (exact) mass is 293 g/mol. The summed E-state index contributed by atoms with van der Waals surface area (Å²) in [5.74, 6) is 0. The zero-order chi connectivity index (χ0) is 16.1. The van der Waals surface area contributed by atoms with E-state index < -0.39 is 0 Å². The van der Waals surface area contributed by atoms with Gasteiger partial charge in [0.2, 0.25) is 0 Å². The van der Waals surface area contributed by atoms with Gasteiger partial charge in [-0.1, -0.05) is 45.0 Å². The molecule has 0 saturated carbocycles. The fourth-order valence-corrected chi connectivity index (χ4v) is 3.47. The van der Waals surface area contributed by atoms with Gasteiger partial charge in [-0.25, -0.2) is 0 Å². The second kappa shape index (κ2) is 4.87. The molecule has 0 aliphatic carbocycles. The first kappa shape index (κ1) is 15.1. The Bertz CT molecular complexity index is 823. The van der Waals surface area contributed by atoms with Crippen molar-refractivity contribution in [2.45, 2.75) is 53.5 Å². The highest BCUT2D eigenvalue weighted by atomic mass is 15.0. The van der Waals surface area contributed by atoms with Crippen molar-refractivity contribution in [2.75, 3.05) is 0 Å². The van der Waals surface area contributed by atoms with Gasteiger partial charge in [-0.3, -0.25) is 0 Å². The van der Waals surface area contributed by atoms with E-state index in [4.69, 9.17) is 0 Å². The Morgan fingerprint density at radius 3 is 2.05 bits per heavy atom. The van der Waals surface area contributed by atoms with Gasteiger partial charge in [0, 0.05) is 27.3 Å². The standard InChI is InChI=1S/C21H27N/c1-20(2,3)14-15-11-12-19-17(13-15)16-9-7-8-10-18(16)22(19)21(4,5)6/h7-13H,14H2,1-6H3. The molecule has 1 nitrogen and oxygen atoms in total. The first-order valence-corrected chi connectivity index (χ1v) is 8.19. The van der Waals surface area contributed by atoms with Crippen LogP contribution in [0.1, 0.15) is 47.1 Å². The summed E-state index contributed by atoms with van der Waals surface area (Å²) >= 11 is 0. The molecule has 0 radical (unpaired) electrons. The maximum atomic E-state index is 2.47. The molecular weight excluding hydrogens is 266 g/mol. The third-order valence-corrected chi connectivity index (χ3v) is 4.14. The van der Waals surface area contributed by atoms with Crippen molar-refractivity contribution in [3.05, 3.63) is 48.0 Å². The lowest BCUT2D eigenvalue weighted by molar-refractivity contribution is 0.411. The summed E-state index contributed by atoms with van der Waals surface area (Å²) in [6.07, 6.45) is 1.11. The Hall–Kier alpha value is -1.76. The smallest absolute Gasteiger partial charge is 0.0496 e. The van der Waals surface area contributed by atoms with Crippen molar-refractivity contribution in [1.29, 1.82) is 0 Å². The summed E-state index contributed by atoms with van der Waals surface area (Å²) in [6.45, 7) is 13.7. The fourth-order valence-electron chi connectivity index (χ4n) is 3.47. The third kappa shape index (κ3) is 2.65. The molecule has 1 aromatic heterocycles. The molecule has 0 spiro atoms. The van der Waals surface area contributed by atoms with Crippen LogP contribution in [0.25, 0.3) is 21.8 Å². The normalized spacial score (nSPS) is 13.2. The van der Waals surface area contributed by atoms with Crippen LogP contribution in [-0.2, 0) is 12.0 Å². The molecule has 1 heterocycles. The van der Waals surface area contributed by atoms with Crippen LogP contribution in [0.15, 0.2) is 42.5 Å². The summed E-state index contributed by atoms with van der Waals surface area (Å²) in [5, 5.41) is 2.75. The van der Waals surface area contributed by atoms with E-state index in [1.54, 1.807) is 0 Å². The van der Waals surface area contributed by atoms with Gasteiger partial charge in [0.25, 0.3) is 0 Å². The van der Waals surface area contributed by atoms with Crippen molar-refractivity contribution in [3.63, 3.8) is 0 Å². The summed E-state index contributed by atoms with van der Waals surface area (Å²) < 4.78 is 2.47. The number of aromatic nitrogens is 1. The van der Waals surface area contributed by atoms with Crippen LogP contribution in [0, 0.1) is 5.41 Å². The fraction of sp³-hybridized carbons (Fsp3) is 0.429. The number of rotatable bonds is 1. The van der Waals surface area contributed by atoms with E-state index in [1.807, 2.05) is 0 Å². The van der Waals surface area contributed by atoms with E-state index in [9.17, 15) is 0 Å². The van der Waals surface area contributed by atoms with Crippen molar-refractivity contribution >= 4 is 21.8 Å². The van der Waals surface area contributed by atoms with E-state index in [1.165, 1.54) is 27.4 Å². The number of hydrogen-bond donors (Lipinski definition) is 0. The Morgan fingerprint density at radius 2 is 1.41 bits per heavy atom.